The highest BCUT2D eigenvalue weighted by atomic mass is 32.2. The molecule has 31 heavy (non-hydrogen) atoms. The molecule has 0 fully saturated rings. The van der Waals surface area contributed by atoms with Crippen LogP contribution in [0.1, 0.15) is 24.5 Å². The highest BCUT2D eigenvalue weighted by Crippen LogP contribution is 2.26. The number of nitrogens with zero attached hydrogens (tertiary/aromatic N) is 1. The van der Waals surface area contributed by atoms with E-state index >= 15 is 0 Å². The van der Waals surface area contributed by atoms with E-state index in [4.69, 9.17) is 9.94 Å². The monoisotopic (exact) mass is 454 g/mol. The topological polar surface area (TPSA) is 136 Å². The molecule has 0 aliphatic carbocycles. The summed E-state index contributed by atoms with van der Waals surface area (Å²) >= 11 is 0. The van der Waals surface area contributed by atoms with Crippen molar-refractivity contribution in [2.75, 3.05) is 26.5 Å². The molecular weight excluding hydrogens is 424 g/mol. The van der Waals surface area contributed by atoms with E-state index in [1.54, 1.807) is 25.5 Å². The van der Waals surface area contributed by atoms with Gasteiger partial charge in [-0.25, -0.2) is 13.9 Å². The molecule has 1 aromatic carbocycles. The van der Waals surface area contributed by atoms with Gasteiger partial charge in [-0.2, -0.15) is 0 Å². The van der Waals surface area contributed by atoms with Crippen LogP contribution in [0.5, 0.6) is 0 Å². The van der Waals surface area contributed by atoms with Crippen LogP contribution in [0, 0.1) is 0 Å². The third kappa shape index (κ3) is 5.92. The van der Waals surface area contributed by atoms with E-state index < -0.39 is 26.7 Å². The summed E-state index contributed by atoms with van der Waals surface area (Å²) in [6.07, 6.45) is 5.18. The lowest BCUT2D eigenvalue weighted by atomic mass is 9.99. The van der Waals surface area contributed by atoms with Gasteiger partial charge in [0.15, 0.2) is 14.6 Å². The smallest absolute Gasteiger partial charge is 0.264 e. The first-order valence-electron chi connectivity index (χ1n) is 9.76. The van der Waals surface area contributed by atoms with E-state index in [2.05, 4.69) is 0 Å². The molecule has 1 heterocycles. The third-order valence-electron chi connectivity index (χ3n) is 5.65. The second-order valence-electron chi connectivity index (χ2n) is 7.72. The van der Waals surface area contributed by atoms with Gasteiger partial charge in [0.05, 0.1) is 12.7 Å². The van der Waals surface area contributed by atoms with E-state index in [9.17, 15) is 23.4 Å². The van der Waals surface area contributed by atoms with E-state index in [1.807, 2.05) is 24.3 Å². The van der Waals surface area contributed by atoms with Crippen LogP contribution in [-0.2, 0) is 25.8 Å². The van der Waals surface area contributed by atoms with Gasteiger partial charge in [-0.3, -0.25) is 10.0 Å². The van der Waals surface area contributed by atoms with Crippen molar-refractivity contribution in [3.63, 3.8) is 0 Å². The number of methoxy groups -OCH3 is 1. The first kappa shape index (κ1) is 25.0. The number of rotatable bonds is 10. The number of nitrogens with one attached hydrogen (secondary N) is 1. The van der Waals surface area contributed by atoms with Crippen LogP contribution in [0.15, 0.2) is 42.6 Å². The van der Waals surface area contributed by atoms with Crippen molar-refractivity contribution in [3.05, 3.63) is 53.7 Å². The SMILES string of the molecule is COC(CO)Cc1ccc(C2=CC(O)N(CCC(C)(C(=O)NO)S(C)(=O)=O)C=C2)cc1. The molecule has 172 valence electrons. The molecule has 3 unspecified atom stereocenters. The van der Waals surface area contributed by atoms with Crippen LogP contribution in [0.25, 0.3) is 5.57 Å². The number of benzene rings is 1. The Labute approximate surface area is 182 Å². The lowest BCUT2D eigenvalue weighted by Gasteiger charge is -2.32. The van der Waals surface area contributed by atoms with Crippen molar-refractivity contribution < 1.29 is 33.4 Å². The molecule has 1 aliphatic rings. The number of carbonyl (C=O) groups is 1. The van der Waals surface area contributed by atoms with Crippen molar-refractivity contribution >= 4 is 21.3 Å². The van der Waals surface area contributed by atoms with Crippen molar-refractivity contribution in [3.8, 4) is 0 Å². The van der Waals surface area contributed by atoms with Gasteiger partial charge in [-0.05, 0) is 42.2 Å². The van der Waals surface area contributed by atoms with Gasteiger partial charge in [0.2, 0.25) is 0 Å². The van der Waals surface area contributed by atoms with Crippen LogP contribution < -0.4 is 5.48 Å². The molecule has 10 heteroatoms. The molecule has 0 spiro atoms. The summed E-state index contributed by atoms with van der Waals surface area (Å²) in [7, 11) is -2.26. The van der Waals surface area contributed by atoms with E-state index in [0.717, 1.165) is 23.0 Å². The van der Waals surface area contributed by atoms with Crippen LogP contribution >= 0.6 is 0 Å². The molecular formula is C21H30N2O7S. The second-order valence-corrected chi connectivity index (χ2v) is 10.2. The number of ether oxygens (including phenoxy) is 1. The Morgan fingerprint density at radius 1 is 1.32 bits per heavy atom. The maximum absolute atomic E-state index is 12.1. The maximum Gasteiger partial charge on any atom is 0.264 e. The molecule has 1 aromatic rings. The zero-order chi connectivity index (χ0) is 23.2. The Balaban J connectivity index is 2.07. The van der Waals surface area contributed by atoms with Crippen molar-refractivity contribution in [1.82, 2.24) is 10.4 Å². The fourth-order valence-corrected chi connectivity index (χ4v) is 4.07. The number of aliphatic hydroxyl groups excluding tert-OH is 2. The Kier molecular flexibility index (Phi) is 8.38. The summed E-state index contributed by atoms with van der Waals surface area (Å²) in [4.78, 5) is 13.4. The van der Waals surface area contributed by atoms with Crippen molar-refractivity contribution in [1.29, 1.82) is 0 Å². The summed E-state index contributed by atoms with van der Waals surface area (Å²) in [6, 6.07) is 7.67. The van der Waals surface area contributed by atoms with Crippen molar-refractivity contribution in [2.24, 2.45) is 0 Å². The minimum atomic E-state index is -3.81. The lowest BCUT2D eigenvalue weighted by Crippen LogP contribution is -2.51. The minimum absolute atomic E-state index is 0.0630. The summed E-state index contributed by atoms with van der Waals surface area (Å²) in [5.74, 6) is -1.02. The van der Waals surface area contributed by atoms with E-state index in [1.165, 1.54) is 17.3 Å². The summed E-state index contributed by atoms with van der Waals surface area (Å²) in [5.41, 5.74) is 4.10. The van der Waals surface area contributed by atoms with Gasteiger partial charge >= 0.3 is 0 Å². The van der Waals surface area contributed by atoms with Gasteiger partial charge < -0.3 is 19.8 Å². The number of sulfone groups is 1. The van der Waals surface area contributed by atoms with Crippen LogP contribution in [-0.4, -0.2) is 78.2 Å². The molecule has 0 saturated carbocycles. The predicted molar refractivity (Wildman–Crippen MR) is 116 cm³/mol. The summed E-state index contributed by atoms with van der Waals surface area (Å²) in [5, 5.41) is 28.6. The number of hydrogen-bond donors (Lipinski definition) is 4. The highest BCUT2D eigenvalue weighted by Gasteiger charge is 2.43. The van der Waals surface area contributed by atoms with Gasteiger partial charge in [0.25, 0.3) is 5.91 Å². The molecule has 9 nitrogen and oxygen atoms in total. The number of amides is 1. The van der Waals surface area contributed by atoms with Gasteiger partial charge in [0, 0.05) is 32.5 Å². The molecule has 3 atom stereocenters. The summed E-state index contributed by atoms with van der Waals surface area (Å²) < 4.78 is 27.5. The van der Waals surface area contributed by atoms with E-state index in [-0.39, 0.29) is 25.7 Å². The number of aliphatic hydroxyl groups is 2. The van der Waals surface area contributed by atoms with Gasteiger partial charge in [-0.15, -0.1) is 0 Å². The zero-order valence-electron chi connectivity index (χ0n) is 17.9. The normalized spacial score (nSPS) is 19.5. The first-order chi connectivity index (χ1) is 14.6. The fourth-order valence-electron chi connectivity index (χ4n) is 3.22. The summed E-state index contributed by atoms with van der Waals surface area (Å²) in [6.45, 7) is 1.26. The van der Waals surface area contributed by atoms with Crippen LogP contribution in [0.3, 0.4) is 0 Å². The third-order valence-corrected chi connectivity index (χ3v) is 7.68. The van der Waals surface area contributed by atoms with Crippen LogP contribution in [0.4, 0.5) is 0 Å². The maximum atomic E-state index is 12.1. The lowest BCUT2D eigenvalue weighted by molar-refractivity contribution is -0.131. The molecule has 1 amide bonds. The Hall–Kier alpha value is -2.24. The van der Waals surface area contributed by atoms with Crippen LogP contribution in [0.2, 0.25) is 0 Å². The van der Waals surface area contributed by atoms with Crippen molar-refractivity contribution in [2.45, 2.75) is 36.8 Å². The Morgan fingerprint density at radius 2 is 1.97 bits per heavy atom. The minimum Gasteiger partial charge on any atom is -0.394 e. The number of carbonyl (C=O) groups excluding carboxylic acids is 1. The second kappa shape index (κ2) is 10.4. The van der Waals surface area contributed by atoms with E-state index in [0.29, 0.717) is 6.42 Å². The average molecular weight is 455 g/mol. The molecule has 2 rings (SSSR count). The largest absolute Gasteiger partial charge is 0.394 e. The molecule has 0 aromatic heterocycles. The zero-order valence-corrected chi connectivity index (χ0v) is 18.7. The fraction of sp³-hybridized carbons (Fsp3) is 0.476. The molecule has 0 saturated heterocycles. The van der Waals surface area contributed by atoms with Gasteiger partial charge in [0.1, 0.15) is 6.23 Å². The molecule has 4 N–H and O–H groups in total. The predicted octanol–water partition coefficient (Wildman–Crippen LogP) is 0.466. The number of allylic oxidation sites excluding steroid dienone is 2. The number of hydrogen-bond acceptors (Lipinski definition) is 8. The quantitative estimate of drug-likeness (QED) is 0.296. The number of hydroxylamine groups is 1. The first-order valence-corrected chi connectivity index (χ1v) is 11.7. The van der Waals surface area contributed by atoms with Gasteiger partial charge in [-0.1, -0.05) is 24.3 Å². The Bertz CT molecular complexity index is 924. The molecule has 0 radical (unpaired) electrons. The Morgan fingerprint density at radius 3 is 2.45 bits per heavy atom. The molecule has 1 aliphatic heterocycles. The molecule has 0 bridgehead atoms. The average Bonchev–Trinajstić information content (AvgIpc) is 2.75. The highest BCUT2D eigenvalue weighted by molar-refractivity contribution is 7.92. The standard InChI is InChI=1S/C21H30N2O7S/c1-21(20(26)22-27,31(3,28)29)9-11-23-10-8-17(13-19(23)25)16-6-4-15(5-7-16)12-18(14-24)30-2/h4-8,10,13,18-19,24-25,27H,9,11-12,14H2,1-3H3,(H,22,26).